The molecule has 27 heavy (non-hydrogen) atoms. The van der Waals surface area contributed by atoms with Crippen LogP contribution in [-0.4, -0.2) is 47.5 Å². The van der Waals surface area contributed by atoms with Crippen LogP contribution >= 0.6 is 0 Å². The van der Waals surface area contributed by atoms with Gasteiger partial charge in [-0.15, -0.1) is 0 Å². The van der Waals surface area contributed by atoms with E-state index >= 15 is 4.39 Å². The summed E-state index contributed by atoms with van der Waals surface area (Å²) in [5.41, 5.74) is -2.15. The summed E-state index contributed by atoms with van der Waals surface area (Å²) < 4.78 is 45.0. The van der Waals surface area contributed by atoms with Crippen LogP contribution in [0.2, 0.25) is 0 Å². The maximum absolute atomic E-state index is 15.4. The molecule has 144 valence electrons. The summed E-state index contributed by atoms with van der Waals surface area (Å²) in [5, 5.41) is 12.0. The van der Waals surface area contributed by atoms with Crippen molar-refractivity contribution in [3.05, 3.63) is 39.7 Å². The minimum Gasteiger partial charge on any atom is -0.477 e. The number of benzene rings is 1. The lowest BCUT2D eigenvalue weighted by Gasteiger charge is -2.34. The van der Waals surface area contributed by atoms with Gasteiger partial charge in [0, 0.05) is 38.3 Å². The molecule has 1 aromatic carbocycles. The minimum atomic E-state index is -1.52. The maximum atomic E-state index is 15.4. The number of carbonyl (C=O) groups is 1. The lowest BCUT2D eigenvalue weighted by atomic mass is 10.1. The Balaban J connectivity index is 2.00. The fourth-order valence-corrected chi connectivity index (χ4v) is 3.71. The highest BCUT2D eigenvalue weighted by atomic mass is 19.1. The van der Waals surface area contributed by atoms with Crippen molar-refractivity contribution in [3.63, 3.8) is 0 Å². The van der Waals surface area contributed by atoms with E-state index in [1.54, 1.807) is 4.90 Å². The minimum absolute atomic E-state index is 0.0171. The number of anilines is 1. The van der Waals surface area contributed by atoms with Crippen molar-refractivity contribution >= 4 is 22.6 Å². The fourth-order valence-electron chi connectivity index (χ4n) is 3.71. The molecule has 1 aliphatic heterocycles. The van der Waals surface area contributed by atoms with Crippen molar-refractivity contribution in [2.45, 2.75) is 31.6 Å². The van der Waals surface area contributed by atoms with Crippen molar-refractivity contribution < 1.29 is 23.1 Å². The second-order valence-electron chi connectivity index (χ2n) is 7.12. The summed E-state index contributed by atoms with van der Waals surface area (Å²) in [6.07, 6.45) is -0.208. The third kappa shape index (κ3) is 2.86. The SMILES string of the molecule is C[C@H]1CN(c2c(F)cc3c(=O)c(C(=O)O)cn(C4CC4F)c3c2F)CCN1. The van der Waals surface area contributed by atoms with Crippen molar-refractivity contribution in [1.29, 1.82) is 0 Å². The molecule has 2 heterocycles. The molecule has 6 nitrogen and oxygen atoms in total. The van der Waals surface area contributed by atoms with Crippen LogP contribution in [0.15, 0.2) is 17.1 Å². The average Bonchev–Trinajstić information content (AvgIpc) is 3.32. The zero-order valence-corrected chi connectivity index (χ0v) is 14.5. The Hall–Kier alpha value is -2.55. The number of carboxylic acid groups (broad SMARTS) is 1. The van der Waals surface area contributed by atoms with Crippen LogP contribution in [-0.2, 0) is 0 Å². The predicted octanol–water partition coefficient (Wildman–Crippen LogP) is 2.06. The molecule has 0 spiro atoms. The lowest BCUT2D eigenvalue weighted by Crippen LogP contribution is -2.49. The van der Waals surface area contributed by atoms with Crippen LogP contribution in [0.4, 0.5) is 18.9 Å². The largest absolute Gasteiger partial charge is 0.477 e. The quantitative estimate of drug-likeness (QED) is 0.852. The van der Waals surface area contributed by atoms with E-state index in [0.717, 1.165) is 16.8 Å². The standard InChI is InChI=1S/C18H18F3N3O3/c1-8-6-23(3-2-22-8)16-12(20)4-9-15(14(16)21)24(13-5-11(13)19)7-10(17(9)25)18(26)27/h4,7-8,11,13,22H,2-3,5-6H2,1H3,(H,26,27)/t8-,11?,13?/m0/s1. The van der Waals surface area contributed by atoms with Crippen molar-refractivity contribution in [2.75, 3.05) is 24.5 Å². The van der Waals surface area contributed by atoms with Gasteiger partial charge in [-0.05, 0) is 13.0 Å². The smallest absolute Gasteiger partial charge is 0.341 e. The Labute approximate surface area is 152 Å². The van der Waals surface area contributed by atoms with Crippen LogP contribution < -0.4 is 15.6 Å². The van der Waals surface area contributed by atoms with Crippen LogP contribution in [0.3, 0.4) is 0 Å². The van der Waals surface area contributed by atoms with E-state index in [2.05, 4.69) is 5.32 Å². The molecule has 2 aliphatic rings. The van der Waals surface area contributed by atoms with E-state index in [0.29, 0.717) is 19.6 Å². The van der Waals surface area contributed by atoms with E-state index in [9.17, 15) is 23.5 Å². The van der Waals surface area contributed by atoms with E-state index in [1.165, 1.54) is 0 Å². The molecule has 1 aliphatic carbocycles. The molecule has 1 saturated heterocycles. The Morgan fingerprint density at radius 1 is 1.37 bits per heavy atom. The Morgan fingerprint density at radius 3 is 2.67 bits per heavy atom. The van der Waals surface area contributed by atoms with Gasteiger partial charge in [-0.25, -0.2) is 18.0 Å². The summed E-state index contributed by atoms with van der Waals surface area (Å²) >= 11 is 0. The molecule has 0 radical (unpaired) electrons. The molecular weight excluding hydrogens is 363 g/mol. The van der Waals surface area contributed by atoms with Crippen LogP contribution in [0.25, 0.3) is 10.9 Å². The molecule has 0 amide bonds. The molecule has 1 aromatic heterocycles. The predicted molar refractivity (Wildman–Crippen MR) is 93.3 cm³/mol. The average molecular weight is 381 g/mol. The summed E-state index contributed by atoms with van der Waals surface area (Å²) in [4.78, 5) is 25.3. The first kappa shape index (κ1) is 17.8. The molecule has 1 saturated carbocycles. The molecule has 2 fully saturated rings. The van der Waals surface area contributed by atoms with E-state index in [4.69, 9.17) is 0 Å². The van der Waals surface area contributed by atoms with Crippen molar-refractivity contribution in [2.24, 2.45) is 0 Å². The van der Waals surface area contributed by atoms with Gasteiger partial charge in [0.05, 0.1) is 16.9 Å². The number of nitrogens with one attached hydrogen (secondary N) is 1. The number of piperazine rings is 1. The van der Waals surface area contributed by atoms with Gasteiger partial charge in [-0.1, -0.05) is 0 Å². The Morgan fingerprint density at radius 2 is 2.07 bits per heavy atom. The Bertz CT molecular complexity index is 1010. The summed E-state index contributed by atoms with van der Waals surface area (Å²) in [6.45, 7) is 3.16. The number of hydrogen-bond donors (Lipinski definition) is 2. The molecule has 0 bridgehead atoms. The number of halogens is 3. The number of fused-ring (bicyclic) bond motifs is 1. The highest BCUT2D eigenvalue weighted by molar-refractivity contribution is 5.94. The summed E-state index contributed by atoms with van der Waals surface area (Å²) in [5.74, 6) is -3.42. The van der Waals surface area contributed by atoms with Gasteiger partial charge in [-0.2, -0.15) is 0 Å². The number of alkyl halides is 1. The summed E-state index contributed by atoms with van der Waals surface area (Å²) in [6, 6.07) is 0.117. The maximum Gasteiger partial charge on any atom is 0.341 e. The third-order valence-corrected chi connectivity index (χ3v) is 5.14. The van der Waals surface area contributed by atoms with Crippen LogP contribution in [0.5, 0.6) is 0 Å². The van der Waals surface area contributed by atoms with E-state index < -0.39 is 46.2 Å². The van der Waals surface area contributed by atoms with Crippen molar-refractivity contribution in [1.82, 2.24) is 9.88 Å². The summed E-state index contributed by atoms with van der Waals surface area (Å²) in [7, 11) is 0. The second kappa shape index (κ2) is 6.26. The van der Waals surface area contributed by atoms with E-state index in [-0.39, 0.29) is 23.7 Å². The number of nitrogens with zero attached hydrogens (tertiary/aromatic N) is 2. The Kier molecular flexibility index (Phi) is 4.14. The molecule has 4 rings (SSSR count). The first-order chi connectivity index (χ1) is 12.8. The first-order valence-electron chi connectivity index (χ1n) is 8.72. The van der Waals surface area contributed by atoms with Crippen molar-refractivity contribution in [3.8, 4) is 0 Å². The molecule has 2 aromatic rings. The number of hydrogen-bond acceptors (Lipinski definition) is 4. The monoisotopic (exact) mass is 381 g/mol. The number of rotatable bonds is 3. The normalized spacial score (nSPS) is 25.0. The zero-order valence-electron chi connectivity index (χ0n) is 14.5. The molecule has 3 atom stereocenters. The number of aromatic nitrogens is 1. The van der Waals surface area contributed by atoms with Crippen LogP contribution in [0, 0.1) is 11.6 Å². The van der Waals surface area contributed by atoms with Crippen LogP contribution in [0.1, 0.15) is 29.7 Å². The topological polar surface area (TPSA) is 74.6 Å². The molecular formula is C18H18F3N3O3. The molecule has 2 unspecified atom stereocenters. The van der Waals surface area contributed by atoms with Gasteiger partial charge >= 0.3 is 5.97 Å². The van der Waals surface area contributed by atoms with Gasteiger partial charge < -0.3 is 19.9 Å². The van der Waals surface area contributed by atoms with Gasteiger partial charge in [0.25, 0.3) is 0 Å². The zero-order chi connectivity index (χ0) is 19.5. The molecule has 2 N–H and O–H groups in total. The van der Waals surface area contributed by atoms with Gasteiger partial charge in [0.1, 0.15) is 23.2 Å². The van der Waals surface area contributed by atoms with Gasteiger partial charge in [-0.3, -0.25) is 4.79 Å². The lowest BCUT2D eigenvalue weighted by molar-refractivity contribution is 0.0694. The first-order valence-corrected chi connectivity index (χ1v) is 8.72. The number of aromatic carboxylic acids is 1. The van der Waals surface area contributed by atoms with E-state index in [1.807, 2.05) is 6.92 Å². The number of carboxylic acids is 1. The fraction of sp³-hybridized carbons (Fsp3) is 0.444. The molecule has 9 heteroatoms. The highest BCUT2D eigenvalue weighted by Crippen LogP contribution is 2.42. The van der Waals surface area contributed by atoms with Gasteiger partial charge in [0.2, 0.25) is 5.43 Å². The second-order valence-corrected chi connectivity index (χ2v) is 7.12. The number of pyridine rings is 1. The highest BCUT2D eigenvalue weighted by Gasteiger charge is 2.41. The van der Waals surface area contributed by atoms with Gasteiger partial charge in [0.15, 0.2) is 5.82 Å². The third-order valence-electron chi connectivity index (χ3n) is 5.14.